The molecule has 0 saturated carbocycles. The summed E-state index contributed by atoms with van der Waals surface area (Å²) >= 11 is 1.80. The molecule has 0 aliphatic rings. The lowest BCUT2D eigenvalue weighted by molar-refractivity contribution is 0.596. The van der Waals surface area contributed by atoms with Crippen LogP contribution in [0.1, 0.15) is 26.3 Å². The lowest BCUT2D eigenvalue weighted by Crippen LogP contribution is -2.12. The first kappa shape index (κ1) is 18.1. The Labute approximate surface area is 175 Å². The van der Waals surface area contributed by atoms with E-state index in [1.165, 1.54) is 43.1 Å². The number of hydrogen-bond donors (Lipinski definition) is 0. The van der Waals surface area contributed by atoms with Crippen LogP contribution < -0.4 is 0 Å². The van der Waals surface area contributed by atoms with Gasteiger partial charge in [-0.15, -0.1) is 11.3 Å². The summed E-state index contributed by atoms with van der Waals surface area (Å²) in [6.07, 6.45) is 1.93. The van der Waals surface area contributed by atoms with Crippen LogP contribution >= 0.6 is 11.3 Å². The van der Waals surface area contributed by atoms with Gasteiger partial charge in [0.25, 0.3) is 0 Å². The lowest BCUT2D eigenvalue weighted by Gasteiger charge is -2.22. The quantitative estimate of drug-likeness (QED) is 0.295. The molecule has 5 aromatic rings. The summed E-state index contributed by atoms with van der Waals surface area (Å²) in [5, 5.41) is 6.05. The number of nitrogens with zero attached hydrogens (tertiary/aromatic N) is 1. The standard InChI is InChI=1S/C27H23NS/c1-27(2,3)24-16-21(15-19-7-4-5-9-22(19)24)25-17-20(11-13-28-25)23-10-6-8-18-12-14-29-26(18)23/h4-17H,1-3H3. The van der Waals surface area contributed by atoms with Crippen LogP contribution in [0.2, 0.25) is 0 Å². The van der Waals surface area contributed by atoms with Crippen molar-refractivity contribution in [2.24, 2.45) is 0 Å². The zero-order valence-corrected chi connectivity index (χ0v) is 17.8. The Morgan fingerprint density at radius 2 is 1.59 bits per heavy atom. The summed E-state index contributed by atoms with van der Waals surface area (Å²) in [4.78, 5) is 4.74. The lowest BCUT2D eigenvalue weighted by atomic mass is 9.82. The predicted molar refractivity (Wildman–Crippen MR) is 127 cm³/mol. The van der Waals surface area contributed by atoms with E-state index in [2.05, 4.69) is 98.9 Å². The van der Waals surface area contributed by atoms with Crippen molar-refractivity contribution in [3.05, 3.63) is 89.9 Å². The number of rotatable bonds is 2. The van der Waals surface area contributed by atoms with E-state index < -0.39 is 0 Å². The van der Waals surface area contributed by atoms with Crippen molar-refractivity contribution in [3.8, 4) is 22.4 Å². The number of aromatic nitrogens is 1. The van der Waals surface area contributed by atoms with Crippen molar-refractivity contribution in [1.82, 2.24) is 4.98 Å². The summed E-state index contributed by atoms with van der Waals surface area (Å²) in [6.45, 7) is 6.83. The fourth-order valence-corrected chi connectivity index (χ4v) is 4.99. The molecule has 2 heterocycles. The van der Waals surface area contributed by atoms with Gasteiger partial charge in [0.2, 0.25) is 0 Å². The van der Waals surface area contributed by atoms with Gasteiger partial charge in [-0.1, -0.05) is 63.2 Å². The molecule has 0 bridgehead atoms. The molecule has 0 aliphatic carbocycles. The normalized spacial score (nSPS) is 12.0. The average molecular weight is 394 g/mol. The number of fused-ring (bicyclic) bond motifs is 2. The molecule has 0 atom stereocenters. The van der Waals surface area contributed by atoms with Crippen molar-refractivity contribution in [2.45, 2.75) is 26.2 Å². The number of benzene rings is 3. The molecule has 0 aliphatic heterocycles. The van der Waals surface area contributed by atoms with Gasteiger partial charge in [0.1, 0.15) is 0 Å². The fourth-order valence-electron chi connectivity index (χ4n) is 4.06. The minimum Gasteiger partial charge on any atom is -0.256 e. The largest absolute Gasteiger partial charge is 0.256 e. The van der Waals surface area contributed by atoms with Crippen LogP contribution in [-0.2, 0) is 5.41 Å². The number of thiophene rings is 1. The van der Waals surface area contributed by atoms with Gasteiger partial charge in [0.05, 0.1) is 5.69 Å². The van der Waals surface area contributed by atoms with Crippen LogP contribution in [0.3, 0.4) is 0 Å². The van der Waals surface area contributed by atoms with E-state index in [0.29, 0.717) is 0 Å². The fraction of sp³-hybridized carbons (Fsp3) is 0.148. The Bertz CT molecular complexity index is 1340. The summed E-state index contributed by atoms with van der Waals surface area (Å²) < 4.78 is 1.33. The van der Waals surface area contributed by atoms with Crippen LogP contribution in [0, 0.1) is 0 Å². The minimum atomic E-state index is 0.0653. The smallest absolute Gasteiger partial charge is 0.0708 e. The van der Waals surface area contributed by atoms with E-state index in [1.54, 1.807) is 11.3 Å². The van der Waals surface area contributed by atoms with Crippen molar-refractivity contribution < 1.29 is 0 Å². The second-order valence-corrected chi connectivity index (χ2v) is 9.49. The molecule has 3 aromatic carbocycles. The predicted octanol–water partition coefficient (Wildman–Crippen LogP) is 8.08. The van der Waals surface area contributed by atoms with Crippen LogP contribution in [-0.4, -0.2) is 4.98 Å². The van der Waals surface area contributed by atoms with Crippen LogP contribution in [0.5, 0.6) is 0 Å². The highest BCUT2D eigenvalue weighted by atomic mass is 32.1. The zero-order chi connectivity index (χ0) is 20.0. The van der Waals surface area contributed by atoms with E-state index in [-0.39, 0.29) is 5.41 Å². The molecule has 2 heteroatoms. The molecular formula is C27H23NS. The van der Waals surface area contributed by atoms with Gasteiger partial charge in [-0.2, -0.15) is 0 Å². The first-order chi connectivity index (χ1) is 14.0. The molecule has 0 spiro atoms. The maximum absolute atomic E-state index is 4.74. The van der Waals surface area contributed by atoms with E-state index in [0.717, 1.165) is 5.69 Å². The van der Waals surface area contributed by atoms with E-state index in [4.69, 9.17) is 4.98 Å². The summed E-state index contributed by atoms with van der Waals surface area (Å²) in [7, 11) is 0. The molecule has 0 N–H and O–H groups in total. The Balaban J connectivity index is 1.70. The molecule has 0 radical (unpaired) electrons. The molecule has 0 fully saturated rings. The third-order valence-corrected chi connectivity index (χ3v) is 6.48. The third kappa shape index (κ3) is 3.24. The van der Waals surface area contributed by atoms with Crippen LogP contribution in [0.15, 0.2) is 84.4 Å². The van der Waals surface area contributed by atoms with Crippen molar-refractivity contribution in [3.63, 3.8) is 0 Å². The second-order valence-electron chi connectivity index (χ2n) is 8.57. The van der Waals surface area contributed by atoms with Gasteiger partial charge >= 0.3 is 0 Å². The van der Waals surface area contributed by atoms with Gasteiger partial charge in [-0.3, -0.25) is 4.98 Å². The summed E-state index contributed by atoms with van der Waals surface area (Å²) in [5.41, 5.74) is 6.11. The van der Waals surface area contributed by atoms with Crippen molar-refractivity contribution in [2.75, 3.05) is 0 Å². The average Bonchev–Trinajstić information content (AvgIpc) is 3.21. The molecular weight excluding hydrogens is 370 g/mol. The summed E-state index contributed by atoms with van der Waals surface area (Å²) in [5.74, 6) is 0. The molecule has 0 unspecified atom stereocenters. The Morgan fingerprint density at radius 3 is 2.45 bits per heavy atom. The van der Waals surface area contributed by atoms with E-state index in [9.17, 15) is 0 Å². The number of pyridine rings is 1. The van der Waals surface area contributed by atoms with E-state index >= 15 is 0 Å². The minimum absolute atomic E-state index is 0.0653. The van der Waals surface area contributed by atoms with Crippen LogP contribution in [0.4, 0.5) is 0 Å². The Hall–Kier alpha value is -2.97. The maximum atomic E-state index is 4.74. The third-order valence-electron chi connectivity index (χ3n) is 5.52. The Kier molecular flexibility index (Phi) is 4.25. The SMILES string of the molecule is CC(C)(C)c1cc(-c2cc(-c3cccc4ccsc34)ccn2)cc2ccccc12. The first-order valence-electron chi connectivity index (χ1n) is 9.97. The van der Waals surface area contributed by atoms with Crippen molar-refractivity contribution in [1.29, 1.82) is 0 Å². The molecule has 142 valence electrons. The van der Waals surface area contributed by atoms with Crippen LogP contribution in [0.25, 0.3) is 43.2 Å². The molecule has 2 aromatic heterocycles. The van der Waals surface area contributed by atoms with E-state index in [1.807, 2.05) is 6.20 Å². The highest BCUT2D eigenvalue weighted by Gasteiger charge is 2.18. The summed E-state index contributed by atoms with van der Waals surface area (Å²) in [6, 6.07) is 26.3. The molecule has 29 heavy (non-hydrogen) atoms. The van der Waals surface area contributed by atoms with Gasteiger partial charge in [0, 0.05) is 16.5 Å². The maximum Gasteiger partial charge on any atom is 0.0708 e. The topological polar surface area (TPSA) is 12.9 Å². The molecule has 5 rings (SSSR count). The monoisotopic (exact) mass is 393 g/mol. The number of hydrogen-bond acceptors (Lipinski definition) is 2. The zero-order valence-electron chi connectivity index (χ0n) is 16.9. The molecule has 0 amide bonds. The van der Waals surface area contributed by atoms with Gasteiger partial charge in [0.15, 0.2) is 0 Å². The first-order valence-corrected chi connectivity index (χ1v) is 10.8. The van der Waals surface area contributed by atoms with Gasteiger partial charge in [-0.25, -0.2) is 0 Å². The highest BCUT2D eigenvalue weighted by molar-refractivity contribution is 7.17. The van der Waals surface area contributed by atoms with Gasteiger partial charge < -0.3 is 0 Å². The van der Waals surface area contributed by atoms with Crippen molar-refractivity contribution >= 4 is 32.2 Å². The Morgan fingerprint density at radius 1 is 0.759 bits per heavy atom. The van der Waals surface area contributed by atoms with Gasteiger partial charge in [-0.05, 0) is 74.0 Å². The highest BCUT2D eigenvalue weighted by Crippen LogP contribution is 2.37. The molecule has 0 saturated heterocycles. The second kappa shape index (κ2) is 6.82. The molecule has 1 nitrogen and oxygen atoms in total.